The molecule has 0 aliphatic rings. The summed E-state index contributed by atoms with van der Waals surface area (Å²) in [5, 5.41) is 4.87. The normalized spacial score (nSPS) is 11.3. The van der Waals surface area contributed by atoms with Crippen molar-refractivity contribution in [1.82, 2.24) is 4.57 Å². The molecule has 0 radical (unpaired) electrons. The van der Waals surface area contributed by atoms with Crippen LogP contribution in [-0.2, 0) is 0 Å². The van der Waals surface area contributed by atoms with Crippen molar-refractivity contribution in [3.05, 3.63) is 218 Å². The van der Waals surface area contributed by atoms with Crippen LogP contribution in [0.2, 0.25) is 0 Å². The van der Waals surface area contributed by atoms with E-state index in [9.17, 15) is 0 Å². The van der Waals surface area contributed by atoms with Gasteiger partial charge in [-0.25, -0.2) is 0 Å². The summed E-state index contributed by atoms with van der Waals surface area (Å²) >= 11 is 0. The number of para-hydroxylation sites is 2. The van der Waals surface area contributed by atoms with Crippen molar-refractivity contribution >= 4 is 49.6 Å². The van der Waals surface area contributed by atoms with Crippen LogP contribution in [0.1, 0.15) is 0 Å². The molecular formula is C52H36N2. The van der Waals surface area contributed by atoms with Gasteiger partial charge in [-0.15, -0.1) is 0 Å². The zero-order valence-electron chi connectivity index (χ0n) is 29.7. The van der Waals surface area contributed by atoms with Gasteiger partial charge in [-0.3, -0.25) is 0 Å². The van der Waals surface area contributed by atoms with Gasteiger partial charge in [0.25, 0.3) is 0 Å². The van der Waals surface area contributed by atoms with Gasteiger partial charge in [-0.1, -0.05) is 158 Å². The Labute approximate surface area is 315 Å². The lowest BCUT2D eigenvalue weighted by Crippen LogP contribution is -2.10. The van der Waals surface area contributed by atoms with E-state index in [0.717, 1.165) is 22.7 Å². The second-order valence-corrected chi connectivity index (χ2v) is 13.7. The maximum absolute atomic E-state index is 2.42. The maximum Gasteiger partial charge on any atom is 0.0547 e. The summed E-state index contributed by atoms with van der Waals surface area (Å²) in [7, 11) is 0. The number of benzene rings is 9. The molecule has 0 bridgehead atoms. The Balaban J connectivity index is 1.24. The van der Waals surface area contributed by atoms with Crippen molar-refractivity contribution < 1.29 is 0 Å². The smallest absolute Gasteiger partial charge is 0.0547 e. The largest absolute Gasteiger partial charge is 0.310 e. The van der Waals surface area contributed by atoms with Gasteiger partial charge in [0, 0.05) is 33.2 Å². The van der Waals surface area contributed by atoms with Crippen LogP contribution >= 0.6 is 0 Å². The highest BCUT2D eigenvalue weighted by Crippen LogP contribution is 2.45. The molecule has 0 spiro atoms. The number of hydrogen-bond acceptors (Lipinski definition) is 1. The molecule has 0 fully saturated rings. The van der Waals surface area contributed by atoms with Gasteiger partial charge in [0.2, 0.25) is 0 Å². The second kappa shape index (κ2) is 13.4. The number of aromatic nitrogens is 1. The molecule has 0 amide bonds. The van der Waals surface area contributed by atoms with E-state index in [1.165, 1.54) is 66.0 Å². The quantitative estimate of drug-likeness (QED) is 0.162. The first-order valence-electron chi connectivity index (χ1n) is 18.5. The first kappa shape index (κ1) is 31.6. The molecule has 1 aromatic heterocycles. The Morgan fingerprint density at radius 1 is 0.315 bits per heavy atom. The molecule has 0 aliphatic carbocycles. The Kier molecular flexibility index (Phi) is 7.85. The van der Waals surface area contributed by atoms with Gasteiger partial charge >= 0.3 is 0 Å². The molecule has 1 heterocycles. The van der Waals surface area contributed by atoms with Crippen LogP contribution in [0.15, 0.2) is 218 Å². The lowest BCUT2D eigenvalue weighted by Gasteiger charge is -2.27. The standard InChI is InChI=1S/C52H36N2/c1-5-17-37(18-6-1)39-21-15-22-40(35-39)45-29-16-30-51-52(45)48-36-43(31-33-50(48)54(51)42-25-11-4-12-26-42)53(41-23-9-3-10-24-41)49-34-32-44(38-19-7-2-8-20-38)46-27-13-14-28-47(46)49/h1-36H. The predicted octanol–water partition coefficient (Wildman–Crippen LogP) is 14.4. The van der Waals surface area contributed by atoms with Crippen LogP contribution in [0.25, 0.3) is 71.6 Å². The summed E-state index contributed by atoms with van der Waals surface area (Å²) in [6.07, 6.45) is 0. The summed E-state index contributed by atoms with van der Waals surface area (Å²) in [6.45, 7) is 0. The fraction of sp³-hybridized carbons (Fsp3) is 0. The minimum absolute atomic E-state index is 1.10. The molecule has 0 N–H and O–H groups in total. The molecular weight excluding hydrogens is 653 g/mol. The molecule has 2 nitrogen and oxygen atoms in total. The van der Waals surface area contributed by atoms with E-state index in [0.29, 0.717) is 0 Å². The van der Waals surface area contributed by atoms with Crippen LogP contribution in [-0.4, -0.2) is 4.57 Å². The Morgan fingerprint density at radius 2 is 0.926 bits per heavy atom. The van der Waals surface area contributed by atoms with E-state index in [1.807, 2.05) is 0 Å². The lowest BCUT2D eigenvalue weighted by atomic mass is 9.95. The van der Waals surface area contributed by atoms with Gasteiger partial charge in [0.1, 0.15) is 0 Å². The first-order valence-corrected chi connectivity index (χ1v) is 18.5. The molecule has 0 saturated heterocycles. The van der Waals surface area contributed by atoms with Crippen LogP contribution in [0.4, 0.5) is 17.1 Å². The molecule has 10 rings (SSSR count). The van der Waals surface area contributed by atoms with E-state index in [-0.39, 0.29) is 0 Å². The molecule has 9 aromatic carbocycles. The average Bonchev–Trinajstić information content (AvgIpc) is 3.59. The molecule has 0 aliphatic heterocycles. The summed E-state index contributed by atoms with van der Waals surface area (Å²) in [6, 6.07) is 78.9. The fourth-order valence-electron chi connectivity index (χ4n) is 8.14. The molecule has 0 saturated carbocycles. The molecule has 54 heavy (non-hydrogen) atoms. The Bertz CT molecular complexity index is 2910. The zero-order valence-corrected chi connectivity index (χ0v) is 29.7. The minimum atomic E-state index is 1.10. The highest BCUT2D eigenvalue weighted by atomic mass is 15.1. The number of anilines is 3. The molecule has 0 atom stereocenters. The Morgan fingerprint density at radius 3 is 1.69 bits per heavy atom. The Hall–Kier alpha value is -7.16. The molecule has 10 aromatic rings. The third kappa shape index (κ3) is 5.44. The van der Waals surface area contributed by atoms with Crippen molar-refractivity contribution in [3.63, 3.8) is 0 Å². The van der Waals surface area contributed by atoms with E-state index >= 15 is 0 Å². The van der Waals surface area contributed by atoms with Crippen molar-refractivity contribution in [2.24, 2.45) is 0 Å². The van der Waals surface area contributed by atoms with Gasteiger partial charge in [-0.05, 0) is 99.4 Å². The van der Waals surface area contributed by atoms with Gasteiger partial charge in [-0.2, -0.15) is 0 Å². The number of fused-ring (bicyclic) bond motifs is 4. The van der Waals surface area contributed by atoms with Crippen molar-refractivity contribution in [2.75, 3.05) is 4.90 Å². The van der Waals surface area contributed by atoms with Crippen LogP contribution in [0, 0.1) is 0 Å². The van der Waals surface area contributed by atoms with Crippen molar-refractivity contribution in [2.45, 2.75) is 0 Å². The number of hydrogen-bond donors (Lipinski definition) is 0. The topological polar surface area (TPSA) is 8.17 Å². The predicted molar refractivity (Wildman–Crippen MR) is 229 cm³/mol. The molecule has 254 valence electrons. The van der Waals surface area contributed by atoms with Gasteiger partial charge < -0.3 is 9.47 Å². The molecule has 0 unspecified atom stereocenters. The highest BCUT2D eigenvalue weighted by Gasteiger charge is 2.21. The number of rotatable bonds is 7. The third-order valence-electron chi connectivity index (χ3n) is 10.6. The first-order chi connectivity index (χ1) is 26.8. The van der Waals surface area contributed by atoms with E-state index < -0.39 is 0 Å². The van der Waals surface area contributed by atoms with E-state index in [4.69, 9.17) is 0 Å². The molecule has 2 heteroatoms. The van der Waals surface area contributed by atoms with E-state index in [1.54, 1.807) is 0 Å². The van der Waals surface area contributed by atoms with E-state index in [2.05, 4.69) is 228 Å². The van der Waals surface area contributed by atoms with Crippen molar-refractivity contribution in [3.8, 4) is 39.1 Å². The lowest BCUT2D eigenvalue weighted by molar-refractivity contribution is 1.18. The highest BCUT2D eigenvalue weighted by molar-refractivity contribution is 6.17. The third-order valence-corrected chi connectivity index (χ3v) is 10.6. The summed E-state index contributed by atoms with van der Waals surface area (Å²) in [4.78, 5) is 2.42. The number of nitrogens with zero attached hydrogens (tertiary/aromatic N) is 2. The zero-order chi connectivity index (χ0) is 35.8. The SMILES string of the molecule is c1ccc(-c2cccc(-c3cccc4c3c3cc(N(c5ccccc5)c5ccc(-c6ccccc6)c6ccccc56)ccc3n4-c3ccccc3)c2)cc1. The monoisotopic (exact) mass is 688 g/mol. The van der Waals surface area contributed by atoms with Crippen LogP contribution in [0.5, 0.6) is 0 Å². The van der Waals surface area contributed by atoms with Crippen molar-refractivity contribution in [1.29, 1.82) is 0 Å². The fourth-order valence-corrected chi connectivity index (χ4v) is 8.14. The van der Waals surface area contributed by atoms with Gasteiger partial charge in [0.05, 0.1) is 16.7 Å². The summed E-state index contributed by atoms with van der Waals surface area (Å²) in [5.41, 5.74) is 14.1. The maximum atomic E-state index is 2.42. The minimum Gasteiger partial charge on any atom is -0.310 e. The van der Waals surface area contributed by atoms with Gasteiger partial charge in [0.15, 0.2) is 0 Å². The summed E-state index contributed by atoms with van der Waals surface area (Å²) < 4.78 is 2.41. The van der Waals surface area contributed by atoms with Crippen LogP contribution in [0.3, 0.4) is 0 Å². The second-order valence-electron chi connectivity index (χ2n) is 13.7. The van der Waals surface area contributed by atoms with Crippen LogP contribution < -0.4 is 4.90 Å². The average molecular weight is 689 g/mol. The summed E-state index contributed by atoms with van der Waals surface area (Å²) in [5.74, 6) is 0.